The Morgan fingerprint density at radius 2 is 1.90 bits per heavy atom. The van der Waals surface area contributed by atoms with Gasteiger partial charge in [-0.3, -0.25) is 14.7 Å². The van der Waals surface area contributed by atoms with E-state index in [0.29, 0.717) is 17.4 Å². The second-order valence-electron chi connectivity index (χ2n) is 6.28. The maximum absolute atomic E-state index is 12.5. The van der Waals surface area contributed by atoms with Crippen LogP contribution in [0.25, 0.3) is 0 Å². The van der Waals surface area contributed by atoms with Gasteiger partial charge in [-0.05, 0) is 44.9 Å². The topological polar surface area (TPSA) is 66.1 Å². The van der Waals surface area contributed by atoms with Crippen molar-refractivity contribution in [2.24, 2.45) is 5.92 Å². The molecule has 1 aliphatic carbocycles. The van der Waals surface area contributed by atoms with Crippen molar-refractivity contribution < 1.29 is 9.59 Å². The summed E-state index contributed by atoms with van der Waals surface area (Å²) in [4.78, 5) is 25.6. The second-order valence-corrected chi connectivity index (χ2v) is 6.28. The van der Waals surface area contributed by atoms with Crippen LogP contribution in [-0.2, 0) is 4.79 Å². The Kier molecular flexibility index (Phi) is 4.36. The van der Waals surface area contributed by atoms with Gasteiger partial charge in [0, 0.05) is 31.1 Å². The predicted molar refractivity (Wildman–Crippen MR) is 79.1 cm³/mol. The van der Waals surface area contributed by atoms with Gasteiger partial charge >= 0.3 is 0 Å². The molecular formula is C16H23N3O2. The average molecular weight is 289 g/mol. The Balaban J connectivity index is 1.57. The predicted octanol–water partition coefficient (Wildman–Crippen LogP) is 2.51. The first-order valence-corrected chi connectivity index (χ1v) is 8.07. The summed E-state index contributed by atoms with van der Waals surface area (Å²) in [5.74, 6) is 0.852. The van der Waals surface area contributed by atoms with E-state index in [4.69, 9.17) is 0 Å². The highest BCUT2D eigenvalue weighted by atomic mass is 16.2. The van der Waals surface area contributed by atoms with E-state index in [1.54, 1.807) is 6.20 Å². The number of likely N-dealkylation sites (tertiary alicyclic amines) is 1. The van der Waals surface area contributed by atoms with Crippen molar-refractivity contribution in [2.75, 3.05) is 13.1 Å². The number of H-pyrrole nitrogens is 1. The van der Waals surface area contributed by atoms with Crippen molar-refractivity contribution >= 4 is 12.2 Å². The van der Waals surface area contributed by atoms with Gasteiger partial charge in [0.05, 0.1) is 11.3 Å². The number of carbonyl (C=O) groups excluding carboxylic acids is 2. The van der Waals surface area contributed by atoms with E-state index >= 15 is 0 Å². The molecule has 1 saturated carbocycles. The molecule has 0 radical (unpaired) electrons. The highest BCUT2D eigenvalue weighted by molar-refractivity contribution is 5.79. The third kappa shape index (κ3) is 3.01. The van der Waals surface area contributed by atoms with Crippen LogP contribution < -0.4 is 0 Å². The number of aromatic nitrogens is 2. The second kappa shape index (κ2) is 6.41. The maximum Gasteiger partial charge on any atom is 0.225 e. The fourth-order valence-corrected chi connectivity index (χ4v) is 3.72. The van der Waals surface area contributed by atoms with E-state index in [2.05, 4.69) is 15.1 Å². The minimum Gasteiger partial charge on any atom is -0.342 e. The standard InChI is InChI=1S/C16H23N3O2/c20-11-14-10-17-18-15(14)12-4-6-13(7-5-12)16(21)19-8-2-1-3-9-19/h10-13H,1-9H2,(H,17,18). The van der Waals surface area contributed by atoms with Crippen molar-refractivity contribution in [2.45, 2.75) is 50.9 Å². The highest BCUT2D eigenvalue weighted by Gasteiger charge is 2.31. The lowest BCUT2D eigenvalue weighted by Gasteiger charge is -2.33. The van der Waals surface area contributed by atoms with E-state index < -0.39 is 0 Å². The van der Waals surface area contributed by atoms with Gasteiger partial charge in [-0.25, -0.2) is 0 Å². The van der Waals surface area contributed by atoms with Crippen molar-refractivity contribution in [3.05, 3.63) is 17.5 Å². The van der Waals surface area contributed by atoms with Crippen LogP contribution in [-0.4, -0.2) is 40.4 Å². The van der Waals surface area contributed by atoms with Gasteiger partial charge < -0.3 is 4.90 Å². The lowest BCUT2D eigenvalue weighted by atomic mass is 9.79. The molecule has 2 fully saturated rings. The Hall–Kier alpha value is -1.65. The van der Waals surface area contributed by atoms with Crippen LogP contribution in [0.3, 0.4) is 0 Å². The van der Waals surface area contributed by atoms with Crippen LogP contribution in [0.5, 0.6) is 0 Å². The van der Waals surface area contributed by atoms with Crippen LogP contribution in [0.1, 0.15) is 66.9 Å². The molecule has 3 rings (SSSR count). The van der Waals surface area contributed by atoms with Crippen LogP contribution in [0.4, 0.5) is 0 Å². The summed E-state index contributed by atoms with van der Waals surface area (Å²) in [5.41, 5.74) is 1.55. The summed E-state index contributed by atoms with van der Waals surface area (Å²) < 4.78 is 0. The number of aldehydes is 1. The third-order valence-electron chi connectivity index (χ3n) is 4.96. The van der Waals surface area contributed by atoms with Gasteiger partial charge in [-0.2, -0.15) is 5.10 Å². The molecule has 1 aliphatic heterocycles. The summed E-state index contributed by atoms with van der Waals surface area (Å²) >= 11 is 0. The molecule has 1 amide bonds. The lowest BCUT2D eigenvalue weighted by molar-refractivity contribution is -0.137. The molecule has 0 bridgehead atoms. The van der Waals surface area contributed by atoms with Crippen molar-refractivity contribution in [3.63, 3.8) is 0 Å². The van der Waals surface area contributed by atoms with Gasteiger partial charge in [0.1, 0.15) is 0 Å². The quantitative estimate of drug-likeness (QED) is 0.869. The molecule has 0 aromatic carbocycles. The van der Waals surface area contributed by atoms with Gasteiger partial charge in [-0.15, -0.1) is 0 Å². The SMILES string of the molecule is O=Cc1c[nH]nc1C1CCC(C(=O)N2CCCCC2)CC1. The fourth-order valence-electron chi connectivity index (χ4n) is 3.72. The molecule has 1 N–H and O–H groups in total. The van der Waals surface area contributed by atoms with Crippen molar-refractivity contribution in [1.82, 2.24) is 15.1 Å². The van der Waals surface area contributed by atoms with Crippen molar-refractivity contribution in [3.8, 4) is 0 Å². The van der Waals surface area contributed by atoms with Gasteiger partial charge in [-0.1, -0.05) is 0 Å². The lowest BCUT2D eigenvalue weighted by Crippen LogP contribution is -2.40. The van der Waals surface area contributed by atoms with E-state index in [9.17, 15) is 9.59 Å². The molecule has 2 aliphatic rings. The smallest absolute Gasteiger partial charge is 0.225 e. The number of piperidine rings is 1. The van der Waals surface area contributed by atoms with Crippen LogP contribution in [0, 0.1) is 5.92 Å². The zero-order chi connectivity index (χ0) is 14.7. The highest BCUT2D eigenvalue weighted by Crippen LogP contribution is 2.36. The third-order valence-corrected chi connectivity index (χ3v) is 4.96. The molecule has 0 spiro atoms. The number of hydrogen-bond acceptors (Lipinski definition) is 3. The molecule has 1 aromatic rings. The van der Waals surface area contributed by atoms with Gasteiger partial charge in [0.15, 0.2) is 6.29 Å². The van der Waals surface area contributed by atoms with E-state index in [1.165, 1.54) is 6.42 Å². The van der Waals surface area contributed by atoms with E-state index in [-0.39, 0.29) is 5.92 Å². The van der Waals surface area contributed by atoms with Crippen LogP contribution in [0.2, 0.25) is 0 Å². The number of carbonyl (C=O) groups is 2. The minimum absolute atomic E-state index is 0.179. The zero-order valence-corrected chi connectivity index (χ0v) is 12.4. The fraction of sp³-hybridized carbons (Fsp3) is 0.688. The molecule has 5 heteroatoms. The molecule has 0 atom stereocenters. The molecule has 21 heavy (non-hydrogen) atoms. The zero-order valence-electron chi connectivity index (χ0n) is 12.4. The number of nitrogens with zero attached hydrogens (tertiary/aromatic N) is 2. The number of amides is 1. The molecule has 114 valence electrons. The van der Waals surface area contributed by atoms with Crippen molar-refractivity contribution in [1.29, 1.82) is 0 Å². The van der Waals surface area contributed by atoms with Crippen LogP contribution in [0.15, 0.2) is 6.20 Å². The average Bonchev–Trinajstić information content (AvgIpc) is 3.04. The number of nitrogens with one attached hydrogen (secondary N) is 1. The maximum atomic E-state index is 12.5. The van der Waals surface area contributed by atoms with Crippen LogP contribution >= 0.6 is 0 Å². The first kappa shape index (κ1) is 14.3. The first-order chi connectivity index (χ1) is 10.3. The Bertz CT molecular complexity index is 497. The molecule has 0 unspecified atom stereocenters. The molecule has 1 aromatic heterocycles. The number of rotatable bonds is 3. The summed E-state index contributed by atoms with van der Waals surface area (Å²) in [6.07, 6.45) is 9.83. The summed E-state index contributed by atoms with van der Waals surface area (Å²) in [7, 11) is 0. The van der Waals surface area contributed by atoms with E-state index in [1.807, 2.05) is 0 Å². The van der Waals surface area contributed by atoms with Gasteiger partial charge in [0.25, 0.3) is 0 Å². The number of hydrogen-bond donors (Lipinski definition) is 1. The monoisotopic (exact) mass is 289 g/mol. The summed E-state index contributed by atoms with van der Waals surface area (Å²) in [5, 5.41) is 6.99. The molecule has 2 heterocycles. The largest absolute Gasteiger partial charge is 0.342 e. The Morgan fingerprint density at radius 3 is 2.57 bits per heavy atom. The molecule has 1 saturated heterocycles. The Morgan fingerprint density at radius 1 is 1.19 bits per heavy atom. The minimum atomic E-state index is 0.179. The van der Waals surface area contributed by atoms with Gasteiger partial charge in [0.2, 0.25) is 5.91 Å². The first-order valence-electron chi connectivity index (χ1n) is 8.07. The number of aromatic amines is 1. The molecular weight excluding hydrogens is 266 g/mol. The normalized spacial score (nSPS) is 26.6. The Labute approximate surface area is 125 Å². The summed E-state index contributed by atoms with van der Waals surface area (Å²) in [6.45, 7) is 1.88. The van der Waals surface area contributed by atoms with E-state index in [0.717, 1.165) is 63.6 Å². The molecule has 5 nitrogen and oxygen atoms in total. The summed E-state index contributed by atoms with van der Waals surface area (Å²) in [6, 6.07) is 0.